The molecule has 3 aromatic rings. The molecule has 0 radical (unpaired) electrons. The molecule has 0 aliphatic rings. The van der Waals surface area contributed by atoms with Crippen LogP contribution in [-0.2, 0) is 16.1 Å². The number of para-hydroxylation sites is 1. The van der Waals surface area contributed by atoms with E-state index in [0.717, 1.165) is 0 Å². The first-order chi connectivity index (χ1) is 15.0. The Bertz CT molecular complexity index is 1030. The molecular formula is C24H22ClFN2O3. The fourth-order valence-electron chi connectivity index (χ4n) is 3.14. The Labute approximate surface area is 185 Å². The van der Waals surface area contributed by atoms with Gasteiger partial charge in [-0.2, -0.15) is 0 Å². The van der Waals surface area contributed by atoms with Crippen LogP contribution in [0.5, 0.6) is 5.75 Å². The highest BCUT2D eigenvalue weighted by atomic mass is 35.5. The molecule has 5 nitrogen and oxygen atoms in total. The van der Waals surface area contributed by atoms with Gasteiger partial charge >= 0.3 is 0 Å². The predicted molar refractivity (Wildman–Crippen MR) is 117 cm³/mol. The first kappa shape index (κ1) is 22.3. The lowest BCUT2D eigenvalue weighted by Gasteiger charge is -2.31. The van der Waals surface area contributed by atoms with Crippen LogP contribution in [0.1, 0.15) is 17.2 Å². The van der Waals surface area contributed by atoms with Crippen LogP contribution in [0.25, 0.3) is 0 Å². The third kappa shape index (κ3) is 5.83. The zero-order valence-electron chi connectivity index (χ0n) is 16.9. The Morgan fingerprint density at radius 1 is 1.00 bits per heavy atom. The molecule has 0 aliphatic heterocycles. The van der Waals surface area contributed by atoms with Gasteiger partial charge in [0.15, 0.2) is 6.61 Å². The highest BCUT2D eigenvalue weighted by molar-refractivity contribution is 6.32. The molecule has 0 bridgehead atoms. The minimum absolute atomic E-state index is 0.0952. The molecule has 3 rings (SSSR count). The Balaban J connectivity index is 1.92. The van der Waals surface area contributed by atoms with Gasteiger partial charge in [0.25, 0.3) is 5.91 Å². The molecule has 31 heavy (non-hydrogen) atoms. The highest BCUT2D eigenvalue weighted by Crippen LogP contribution is 2.26. The molecule has 160 valence electrons. The quantitative estimate of drug-likeness (QED) is 0.565. The van der Waals surface area contributed by atoms with E-state index in [9.17, 15) is 14.0 Å². The van der Waals surface area contributed by atoms with E-state index in [2.05, 4.69) is 5.32 Å². The number of nitrogens with one attached hydrogen (secondary N) is 1. The van der Waals surface area contributed by atoms with Crippen molar-refractivity contribution in [2.75, 3.05) is 13.7 Å². The minimum Gasteiger partial charge on any atom is -0.482 e. The lowest BCUT2D eigenvalue weighted by atomic mass is 10.0. The molecule has 1 N–H and O–H groups in total. The van der Waals surface area contributed by atoms with E-state index in [4.69, 9.17) is 16.3 Å². The lowest BCUT2D eigenvalue weighted by molar-refractivity contribution is -0.143. The molecule has 0 spiro atoms. The molecule has 0 aromatic heterocycles. The number of rotatable bonds is 8. The fraction of sp³-hybridized carbons (Fsp3) is 0.167. The van der Waals surface area contributed by atoms with Gasteiger partial charge in [0, 0.05) is 13.6 Å². The molecule has 0 fully saturated rings. The third-order valence-corrected chi connectivity index (χ3v) is 5.01. The maximum absolute atomic E-state index is 13.4. The van der Waals surface area contributed by atoms with E-state index >= 15 is 0 Å². The standard InChI is InChI=1S/C24H22ClFN2O3/c1-27-24(30)23(18-7-3-2-4-8-18)28(15-17-11-13-19(26)14-12-17)22(29)16-31-21-10-6-5-9-20(21)25/h2-14,23H,15-16H2,1H3,(H,27,30)/t23-/m0/s1. The van der Waals surface area contributed by atoms with Gasteiger partial charge in [0.05, 0.1) is 5.02 Å². The number of halogens is 2. The average molecular weight is 441 g/mol. The van der Waals surface area contributed by atoms with Crippen LogP contribution in [0.15, 0.2) is 78.9 Å². The van der Waals surface area contributed by atoms with Crippen molar-refractivity contribution in [2.45, 2.75) is 12.6 Å². The second-order valence-corrected chi connectivity index (χ2v) is 7.20. The van der Waals surface area contributed by atoms with E-state index in [1.165, 1.54) is 24.1 Å². The number of nitrogens with zero attached hydrogens (tertiary/aromatic N) is 1. The first-order valence-corrected chi connectivity index (χ1v) is 10.0. The number of amides is 2. The predicted octanol–water partition coefficient (Wildman–Crippen LogP) is 4.37. The molecule has 0 unspecified atom stereocenters. The fourth-order valence-corrected chi connectivity index (χ4v) is 3.33. The number of hydrogen-bond donors (Lipinski definition) is 1. The molecule has 3 aromatic carbocycles. The molecule has 0 saturated heterocycles. The van der Waals surface area contributed by atoms with Gasteiger partial charge in [0.1, 0.15) is 17.6 Å². The van der Waals surface area contributed by atoms with Crippen LogP contribution >= 0.6 is 11.6 Å². The average Bonchev–Trinajstić information content (AvgIpc) is 2.79. The van der Waals surface area contributed by atoms with Gasteiger partial charge in [-0.15, -0.1) is 0 Å². The van der Waals surface area contributed by atoms with Crippen molar-refractivity contribution < 1.29 is 18.7 Å². The van der Waals surface area contributed by atoms with Crippen LogP contribution < -0.4 is 10.1 Å². The van der Waals surface area contributed by atoms with E-state index in [-0.39, 0.29) is 24.9 Å². The van der Waals surface area contributed by atoms with Crippen molar-refractivity contribution in [3.63, 3.8) is 0 Å². The van der Waals surface area contributed by atoms with Crippen LogP contribution in [0.2, 0.25) is 5.02 Å². The first-order valence-electron chi connectivity index (χ1n) is 9.67. The van der Waals surface area contributed by atoms with Crippen LogP contribution in [0, 0.1) is 5.82 Å². The molecular weight excluding hydrogens is 419 g/mol. The van der Waals surface area contributed by atoms with Crippen molar-refractivity contribution >= 4 is 23.4 Å². The molecule has 0 saturated carbocycles. The molecule has 0 aliphatic carbocycles. The summed E-state index contributed by atoms with van der Waals surface area (Å²) in [6, 6.07) is 20.7. The number of ether oxygens (including phenoxy) is 1. The maximum atomic E-state index is 13.4. The second-order valence-electron chi connectivity index (χ2n) is 6.79. The smallest absolute Gasteiger partial charge is 0.261 e. The second kappa shape index (κ2) is 10.6. The third-order valence-electron chi connectivity index (χ3n) is 4.70. The van der Waals surface area contributed by atoms with Gasteiger partial charge in [-0.05, 0) is 35.4 Å². The molecule has 1 atom stereocenters. The zero-order valence-corrected chi connectivity index (χ0v) is 17.7. The van der Waals surface area contributed by atoms with Crippen molar-refractivity contribution in [2.24, 2.45) is 0 Å². The van der Waals surface area contributed by atoms with Crippen molar-refractivity contribution in [3.8, 4) is 5.75 Å². The summed E-state index contributed by atoms with van der Waals surface area (Å²) in [5.41, 5.74) is 1.33. The van der Waals surface area contributed by atoms with E-state index in [0.29, 0.717) is 21.9 Å². The van der Waals surface area contributed by atoms with E-state index < -0.39 is 11.9 Å². The summed E-state index contributed by atoms with van der Waals surface area (Å²) in [4.78, 5) is 27.5. The monoisotopic (exact) mass is 440 g/mol. The van der Waals surface area contributed by atoms with Crippen LogP contribution in [0.3, 0.4) is 0 Å². The van der Waals surface area contributed by atoms with Crippen molar-refractivity contribution in [1.29, 1.82) is 0 Å². The van der Waals surface area contributed by atoms with Gasteiger partial charge in [-0.25, -0.2) is 4.39 Å². The minimum atomic E-state index is -0.890. The normalized spacial score (nSPS) is 11.5. The Morgan fingerprint density at radius 3 is 2.29 bits per heavy atom. The van der Waals surface area contributed by atoms with Crippen LogP contribution in [-0.4, -0.2) is 30.4 Å². The summed E-state index contributed by atoms with van der Waals surface area (Å²) in [5.74, 6) is -0.772. The summed E-state index contributed by atoms with van der Waals surface area (Å²) < 4.78 is 19.0. The summed E-state index contributed by atoms with van der Waals surface area (Å²) in [6.45, 7) is -0.219. The number of likely N-dealkylation sites (N-methyl/N-ethyl adjacent to an activating group) is 1. The summed E-state index contributed by atoms with van der Waals surface area (Å²) >= 11 is 6.11. The summed E-state index contributed by atoms with van der Waals surface area (Å²) in [5, 5.41) is 3.00. The van der Waals surface area contributed by atoms with Gasteiger partial charge in [-0.3, -0.25) is 9.59 Å². The molecule has 2 amide bonds. The molecule has 7 heteroatoms. The SMILES string of the molecule is CNC(=O)[C@H](c1ccccc1)N(Cc1ccc(F)cc1)C(=O)COc1ccccc1Cl. The Kier molecular flexibility index (Phi) is 7.62. The number of carbonyl (C=O) groups excluding carboxylic acids is 2. The lowest BCUT2D eigenvalue weighted by Crippen LogP contribution is -2.44. The Morgan fingerprint density at radius 2 is 1.65 bits per heavy atom. The van der Waals surface area contributed by atoms with Crippen molar-refractivity contribution in [3.05, 3.63) is 101 Å². The summed E-state index contributed by atoms with van der Waals surface area (Å²) in [7, 11) is 1.51. The van der Waals surface area contributed by atoms with Crippen molar-refractivity contribution in [1.82, 2.24) is 10.2 Å². The summed E-state index contributed by atoms with van der Waals surface area (Å²) in [6.07, 6.45) is 0. The zero-order chi connectivity index (χ0) is 22.2. The van der Waals surface area contributed by atoms with E-state index in [1.54, 1.807) is 60.7 Å². The maximum Gasteiger partial charge on any atom is 0.261 e. The highest BCUT2D eigenvalue weighted by Gasteiger charge is 2.31. The number of hydrogen-bond acceptors (Lipinski definition) is 3. The Hall–Kier alpha value is -3.38. The number of carbonyl (C=O) groups is 2. The topological polar surface area (TPSA) is 58.6 Å². The van der Waals surface area contributed by atoms with Crippen LogP contribution in [0.4, 0.5) is 4.39 Å². The van der Waals surface area contributed by atoms with Gasteiger partial charge in [-0.1, -0.05) is 66.2 Å². The van der Waals surface area contributed by atoms with Gasteiger partial charge in [0.2, 0.25) is 5.91 Å². The van der Waals surface area contributed by atoms with E-state index in [1.807, 2.05) is 6.07 Å². The largest absolute Gasteiger partial charge is 0.482 e. The number of benzene rings is 3. The van der Waals surface area contributed by atoms with Gasteiger partial charge < -0.3 is 15.0 Å². The molecule has 0 heterocycles.